The molecular formula is C9H19NO2. The maximum atomic E-state index is 10.5. The van der Waals surface area contributed by atoms with E-state index in [4.69, 9.17) is 10.8 Å². The minimum Gasteiger partial charge on any atom is -0.481 e. The molecule has 0 aromatic carbocycles. The van der Waals surface area contributed by atoms with Crippen molar-refractivity contribution >= 4 is 5.97 Å². The van der Waals surface area contributed by atoms with E-state index in [1.807, 2.05) is 0 Å². The van der Waals surface area contributed by atoms with Gasteiger partial charge in [-0.25, -0.2) is 0 Å². The van der Waals surface area contributed by atoms with Crippen LogP contribution < -0.4 is 5.73 Å². The van der Waals surface area contributed by atoms with Crippen molar-refractivity contribution in [2.45, 2.75) is 33.6 Å². The highest BCUT2D eigenvalue weighted by atomic mass is 16.4. The summed E-state index contributed by atoms with van der Waals surface area (Å²) in [5.74, 6) is -0.674. The summed E-state index contributed by atoms with van der Waals surface area (Å²) in [6, 6.07) is 0. The van der Waals surface area contributed by atoms with Gasteiger partial charge in [-0.05, 0) is 17.9 Å². The third-order valence-electron chi connectivity index (χ3n) is 2.72. The van der Waals surface area contributed by atoms with Crippen LogP contribution in [0.4, 0.5) is 0 Å². The Morgan fingerprint density at radius 2 is 2.08 bits per heavy atom. The van der Waals surface area contributed by atoms with Crippen LogP contribution in [0.15, 0.2) is 0 Å². The lowest BCUT2D eigenvalue weighted by atomic mass is 9.75. The molecule has 0 aliphatic rings. The zero-order valence-electron chi connectivity index (χ0n) is 8.13. The summed E-state index contributed by atoms with van der Waals surface area (Å²) in [5, 5.41) is 8.62. The molecule has 1 atom stereocenters. The molecular weight excluding hydrogens is 154 g/mol. The minimum absolute atomic E-state index is 0.0349. The van der Waals surface area contributed by atoms with Crippen molar-refractivity contribution in [3.05, 3.63) is 0 Å². The van der Waals surface area contributed by atoms with Crippen molar-refractivity contribution in [2.24, 2.45) is 17.1 Å². The summed E-state index contributed by atoms with van der Waals surface area (Å²) in [6.45, 7) is 6.64. The highest BCUT2D eigenvalue weighted by molar-refractivity contribution is 5.67. The molecule has 0 saturated heterocycles. The Balaban J connectivity index is 4.23. The Morgan fingerprint density at radius 3 is 2.33 bits per heavy atom. The predicted molar refractivity (Wildman–Crippen MR) is 48.9 cm³/mol. The zero-order valence-corrected chi connectivity index (χ0v) is 8.13. The van der Waals surface area contributed by atoms with Crippen LogP contribution >= 0.6 is 0 Å². The summed E-state index contributed by atoms with van der Waals surface area (Å²) < 4.78 is 0. The van der Waals surface area contributed by atoms with E-state index in [9.17, 15) is 4.79 Å². The van der Waals surface area contributed by atoms with E-state index in [1.165, 1.54) is 0 Å². The lowest BCUT2D eigenvalue weighted by molar-refractivity contribution is -0.139. The Morgan fingerprint density at radius 1 is 1.58 bits per heavy atom. The van der Waals surface area contributed by atoms with Crippen molar-refractivity contribution < 1.29 is 9.90 Å². The summed E-state index contributed by atoms with van der Waals surface area (Å²) in [6.07, 6.45) is 1.14. The summed E-state index contributed by atoms with van der Waals surface area (Å²) in [5.41, 5.74) is 5.55. The number of hydrogen-bond acceptors (Lipinski definition) is 2. The second-order valence-corrected chi connectivity index (χ2v) is 3.87. The number of nitrogens with two attached hydrogens (primary N) is 1. The second-order valence-electron chi connectivity index (χ2n) is 3.87. The number of carboxylic acid groups (broad SMARTS) is 1. The zero-order chi connectivity index (χ0) is 9.78. The summed E-state index contributed by atoms with van der Waals surface area (Å²) in [4.78, 5) is 10.5. The van der Waals surface area contributed by atoms with Crippen molar-refractivity contribution in [2.75, 3.05) is 6.54 Å². The molecule has 3 nitrogen and oxygen atoms in total. The van der Waals surface area contributed by atoms with Gasteiger partial charge >= 0.3 is 5.97 Å². The van der Waals surface area contributed by atoms with Gasteiger partial charge in [0.05, 0.1) is 0 Å². The summed E-state index contributed by atoms with van der Waals surface area (Å²) in [7, 11) is 0. The molecule has 72 valence electrons. The maximum absolute atomic E-state index is 10.5. The molecule has 0 radical (unpaired) electrons. The van der Waals surface area contributed by atoms with Gasteiger partial charge in [-0.2, -0.15) is 0 Å². The normalized spacial score (nSPS) is 14.3. The first-order chi connectivity index (χ1) is 5.44. The lowest BCUT2D eigenvalue weighted by Crippen LogP contribution is -2.32. The quantitative estimate of drug-likeness (QED) is 0.661. The average Bonchev–Trinajstić information content (AvgIpc) is 1.99. The number of rotatable bonds is 5. The number of hydrogen-bond donors (Lipinski definition) is 2. The lowest BCUT2D eigenvalue weighted by Gasteiger charge is -2.31. The molecule has 0 saturated carbocycles. The molecule has 0 aromatic heterocycles. The van der Waals surface area contributed by atoms with Crippen LogP contribution in [0.25, 0.3) is 0 Å². The largest absolute Gasteiger partial charge is 0.481 e. The highest BCUT2D eigenvalue weighted by Gasteiger charge is 2.28. The summed E-state index contributed by atoms with van der Waals surface area (Å²) >= 11 is 0. The molecule has 3 N–H and O–H groups in total. The van der Waals surface area contributed by atoms with Gasteiger partial charge in [-0.3, -0.25) is 4.79 Å². The third-order valence-corrected chi connectivity index (χ3v) is 2.72. The van der Waals surface area contributed by atoms with E-state index in [2.05, 4.69) is 20.8 Å². The fraction of sp³-hybridized carbons (Fsp3) is 0.889. The molecule has 0 amide bonds. The molecule has 0 fully saturated rings. The van der Waals surface area contributed by atoms with Crippen molar-refractivity contribution in [1.82, 2.24) is 0 Å². The Kier molecular flexibility index (Phi) is 4.24. The first kappa shape index (κ1) is 11.4. The minimum atomic E-state index is -0.757. The van der Waals surface area contributed by atoms with Gasteiger partial charge in [0.15, 0.2) is 0 Å². The second kappa shape index (κ2) is 4.45. The predicted octanol–water partition coefficient (Wildman–Crippen LogP) is 1.47. The van der Waals surface area contributed by atoms with Gasteiger partial charge in [-0.1, -0.05) is 27.2 Å². The molecule has 0 heterocycles. The molecule has 0 spiro atoms. The number of carbonyl (C=O) groups is 1. The van der Waals surface area contributed by atoms with Gasteiger partial charge in [0.2, 0.25) is 0 Å². The third kappa shape index (κ3) is 3.22. The van der Waals surface area contributed by atoms with Crippen molar-refractivity contribution in [3.8, 4) is 0 Å². The van der Waals surface area contributed by atoms with E-state index < -0.39 is 5.97 Å². The van der Waals surface area contributed by atoms with E-state index in [0.29, 0.717) is 6.54 Å². The Bertz CT molecular complexity index is 155. The topological polar surface area (TPSA) is 63.3 Å². The van der Waals surface area contributed by atoms with Crippen LogP contribution in [0.2, 0.25) is 0 Å². The standard InChI is InChI=1S/C9H19NO2/c1-4-9(2,3)7(6-10)5-8(11)12/h7H,4-6,10H2,1-3H3,(H,11,12). The number of aliphatic carboxylic acids is 1. The first-order valence-electron chi connectivity index (χ1n) is 4.36. The smallest absolute Gasteiger partial charge is 0.303 e. The highest BCUT2D eigenvalue weighted by Crippen LogP contribution is 2.31. The van der Waals surface area contributed by atoms with Crippen LogP contribution in [0.3, 0.4) is 0 Å². The van der Waals surface area contributed by atoms with Crippen LogP contribution in [-0.4, -0.2) is 17.6 Å². The Hall–Kier alpha value is -0.570. The molecule has 0 aliphatic heterocycles. The van der Waals surface area contributed by atoms with E-state index in [-0.39, 0.29) is 17.8 Å². The maximum Gasteiger partial charge on any atom is 0.303 e. The van der Waals surface area contributed by atoms with Gasteiger partial charge in [0, 0.05) is 6.42 Å². The fourth-order valence-corrected chi connectivity index (χ4v) is 1.18. The van der Waals surface area contributed by atoms with Crippen molar-refractivity contribution in [1.29, 1.82) is 0 Å². The van der Waals surface area contributed by atoms with Gasteiger partial charge in [0.1, 0.15) is 0 Å². The van der Waals surface area contributed by atoms with Crippen LogP contribution in [0.5, 0.6) is 0 Å². The van der Waals surface area contributed by atoms with Crippen LogP contribution in [0.1, 0.15) is 33.6 Å². The Labute approximate surface area is 74.0 Å². The van der Waals surface area contributed by atoms with Gasteiger partial charge < -0.3 is 10.8 Å². The number of carboxylic acids is 1. The SMILES string of the molecule is CCC(C)(C)C(CN)CC(=O)O. The molecule has 0 bridgehead atoms. The first-order valence-corrected chi connectivity index (χ1v) is 4.36. The molecule has 0 rings (SSSR count). The van der Waals surface area contributed by atoms with Crippen LogP contribution in [-0.2, 0) is 4.79 Å². The molecule has 3 heteroatoms. The van der Waals surface area contributed by atoms with Crippen LogP contribution in [0, 0.1) is 11.3 Å². The monoisotopic (exact) mass is 173 g/mol. The van der Waals surface area contributed by atoms with E-state index in [1.54, 1.807) is 0 Å². The molecule has 12 heavy (non-hydrogen) atoms. The fourth-order valence-electron chi connectivity index (χ4n) is 1.18. The van der Waals surface area contributed by atoms with E-state index in [0.717, 1.165) is 6.42 Å². The molecule has 0 aliphatic carbocycles. The van der Waals surface area contributed by atoms with E-state index >= 15 is 0 Å². The molecule has 1 unspecified atom stereocenters. The van der Waals surface area contributed by atoms with Gasteiger partial charge in [-0.15, -0.1) is 0 Å². The average molecular weight is 173 g/mol. The van der Waals surface area contributed by atoms with Crippen molar-refractivity contribution in [3.63, 3.8) is 0 Å². The molecule has 0 aromatic rings. The van der Waals surface area contributed by atoms with Gasteiger partial charge in [0.25, 0.3) is 0 Å².